The second-order valence-corrected chi connectivity index (χ2v) is 6.21. The summed E-state index contributed by atoms with van der Waals surface area (Å²) in [7, 11) is 0. The van der Waals surface area contributed by atoms with Crippen molar-refractivity contribution in [2.45, 2.75) is 18.5 Å². The number of carbonyl (C=O) groups is 1. The fraction of sp³-hybridized carbons (Fsp3) is 0.188. The molecular weight excluding hydrogens is 452 g/mol. The lowest BCUT2D eigenvalue weighted by Crippen LogP contribution is -2.49. The molecule has 2 heterocycles. The average molecular weight is 465 g/mol. The van der Waals surface area contributed by atoms with Crippen LogP contribution in [-0.2, 0) is 11.3 Å². The molecule has 30 heavy (non-hydrogen) atoms. The van der Waals surface area contributed by atoms with Gasteiger partial charge in [0.2, 0.25) is 5.82 Å². The molecule has 0 saturated heterocycles. The van der Waals surface area contributed by atoms with Gasteiger partial charge in [-0.25, -0.2) is 14.2 Å². The van der Waals surface area contributed by atoms with Crippen LogP contribution in [0, 0.1) is 5.82 Å². The van der Waals surface area contributed by atoms with Crippen molar-refractivity contribution in [2.75, 3.05) is 0 Å². The number of aliphatic carboxylic acids is 1. The number of carboxylic acid groups (broad SMARTS) is 1. The van der Waals surface area contributed by atoms with Gasteiger partial charge in [0.15, 0.2) is 5.82 Å². The number of hydrogen-bond donors (Lipinski definition) is 2. The Bertz CT molecular complexity index is 1040. The summed E-state index contributed by atoms with van der Waals surface area (Å²) in [5, 5.41) is 19.8. The summed E-state index contributed by atoms with van der Waals surface area (Å²) in [6.45, 7) is -0.658. The van der Waals surface area contributed by atoms with E-state index in [1.165, 1.54) is 30.5 Å². The number of nitrogens with zero attached hydrogens (tertiary/aromatic N) is 5. The Morgan fingerprint density at radius 1 is 1.33 bits per heavy atom. The number of halogens is 5. The number of hydrogen-bond acceptors (Lipinski definition) is 7. The Balaban J connectivity index is 0.00000320. The van der Waals surface area contributed by atoms with Crippen LogP contribution in [0.2, 0.25) is 5.02 Å². The summed E-state index contributed by atoms with van der Waals surface area (Å²) in [6, 6.07) is 5.03. The number of aromatic nitrogens is 5. The summed E-state index contributed by atoms with van der Waals surface area (Å²) < 4.78 is 45.8. The second-order valence-electron chi connectivity index (χ2n) is 5.77. The van der Waals surface area contributed by atoms with Gasteiger partial charge in [-0.15, -0.1) is 22.6 Å². The molecular formula is C16H13Cl2F3N6O3. The minimum Gasteiger partial charge on any atom is -0.477 e. The molecule has 1 unspecified atom stereocenters. The minimum absolute atomic E-state index is 0. The number of carboxylic acids is 1. The smallest absolute Gasteiger partial charge is 0.376 e. The van der Waals surface area contributed by atoms with Crippen LogP contribution in [0.25, 0.3) is 11.4 Å². The highest BCUT2D eigenvalue weighted by atomic mass is 35.5. The molecule has 0 amide bonds. The van der Waals surface area contributed by atoms with E-state index in [2.05, 4.69) is 20.4 Å². The topological polar surface area (TPSA) is 129 Å². The Labute approximate surface area is 178 Å². The molecule has 3 aromatic rings. The first-order chi connectivity index (χ1) is 13.7. The zero-order valence-corrected chi connectivity index (χ0v) is 16.3. The molecule has 0 radical (unpaired) electrons. The van der Waals surface area contributed by atoms with E-state index in [9.17, 15) is 18.0 Å². The van der Waals surface area contributed by atoms with Crippen LogP contribution < -0.4 is 10.5 Å². The van der Waals surface area contributed by atoms with E-state index in [1.807, 2.05) is 0 Å². The van der Waals surface area contributed by atoms with E-state index in [4.69, 9.17) is 27.2 Å². The summed E-state index contributed by atoms with van der Waals surface area (Å²) >= 11 is 5.62. The molecule has 3 rings (SSSR count). The average Bonchev–Trinajstić information content (AvgIpc) is 3.13. The van der Waals surface area contributed by atoms with Gasteiger partial charge in [0, 0.05) is 11.8 Å². The van der Waals surface area contributed by atoms with Crippen molar-refractivity contribution < 1.29 is 27.8 Å². The number of nitrogens with two attached hydrogens (primary N) is 1. The van der Waals surface area contributed by atoms with Gasteiger partial charge in [-0.1, -0.05) is 11.6 Å². The van der Waals surface area contributed by atoms with Crippen molar-refractivity contribution in [3.05, 3.63) is 47.4 Å². The van der Waals surface area contributed by atoms with Crippen LogP contribution in [-0.4, -0.2) is 48.2 Å². The molecule has 0 saturated carbocycles. The van der Waals surface area contributed by atoms with Gasteiger partial charge in [-0.05, 0) is 35.5 Å². The molecule has 0 fully saturated rings. The standard InChI is InChI=1S/C16H12ClF3N6O3.ClH/c17-9-5-11(18)14(22-6-9)29-10-3-1-8(2-4-10)13-23-25-26(24-13)7-12(21)16(19,20)15(27)28;/h1-6,12H,7,21H2,(H,27,28);1H. The van der Waals surface area contributed by atoms with E-state index in [-0.39, 0.29) is 34.9 Å². The van der Waals surface area contributed by atoms with Crippen LogP contribution >= 0.6 is 24.0 Å². The summed E-state index contributed by atoms with van der Waals surface area (Å²) in [4.78, 5) is 15.0. The predicted octanol–water partition coefficient (Wildman–Crippen LogP) is 2.79. The zero-order valence-electron chi connectivity index (χ0n) is 14.7. The SMILES string of the molecule is Cl.NC(Cn1nnc(-c2ccc(Oc3ncc(Cl)cc3F)cc2)n1)C(F)(F)C(=O)O. The zero-order chi connectivity index (χ0) is 21.2. The Morgan fingerprint density at radius 2 is 2.00 bits per heavy atom. The van der Waals surface area contributed by atoms with Crippen LogP contribution in [0.15, 0.2) is 36.5 Å². The fourth-order valence-electron chi connectivity index (χ4n) is 2.15. The number of ether oxygens (including phenoxy) is 1. The summed E-state index contributed by atoms with van der Waals surface area (Å²) in [5.74, 6) is -7.14. The molecule has 1 aromatic carbocycles. The largest absolute Gasteiger partial charge is 0.477 e. The molecule has 0 aliphatic rings. The van der Waals surface area contributed by atoms with Crippen LogP contribution in [0.1, 0.15) is 0 Å². The van der Waals surface area contributed by atoms with Crippen LogP contribution in [0.4, 0.5) is 13.2 Å². The summed E-state index contributed by atoms with van der Waals surface area (Å²) in [6.07, 6.45) is 1.23. The maximum absolute atomic E-state index is 13.7. The first-order valence-corrected chi connectivity index (χ1v) is 8.28. The van der Waals surface area contributed by atoms with Gasteiger partial charge < -0.3 is 15.6 Å². The van der Waals surface area contributed by atoms with Crippen molar-refractivity contribution in [3.63, 3.8) is 0 Å². The third-order valence-electron chi connectivity index (χ3n) is 3.66. The Morgan fingerprint density at radius 3 is 2.60 bits per heavy atom. The number of tetrazole rings is 1. The van der Waals surface area contributed by atoms with Gasteiger partial charge in [-0.2, -0.15) is 13.6 Å². The van der Waals surface area contributed by atoms with E-state index in [0.717, 1.165) is 10.9 Å². The fourth-order valence-corrected chi connectivity index (χ4v) is 2.29. The van der Waals surface area contributed by atoms with Gasteiger partial charge >= 0.3 is 11.9 Å². The van der Waals surface area contributed by atoms with Crippen LogP contribution in [0.5, 0.6) is 11.6 Å². The minimum atomic E-state index is -4.14. The van der Waals surface area contributed by atoms with Gasteiger partial charge in [-0.3, -0.25) is 0 Å². The Hall–Kier alpha value is -2.96. The third kappa shape index (κ3) is 5.14. The van der Waals surface area contributed by atoms with Gasteiger partial charge in [0.25, 0.3) is 5.88 Å². The van der Waals surface area contributed by atoms with E-state index < -0.39 is 30.3 Å². The number of alkyl halides is 2. The lowest BCUT2D eigenvalue weighted by molar-refractivity contribution is -0.168. The number of rotatable bonds is 7. The third-order valence-corrected chi connectivity index (χ3v) is 3.87. The molecule has 0 aliphatic heterocycles. The highest BCUT2D eigenvalue weighted by Gasteiger charge is 2.46. The number of benzene rings is 1. The molecule has 0 spiro atoms. The molecule has 0 aliphatic carbocycles. The molecule has 3 N–H and O–H groups in total. The van der Waals surface area contributed by atoms with Gasteiger partial charge in [0.1, 0.15) is 11.8 Å². The first-order valence-electron chi connectivity index (χ1n) is 7.90. The predicted molar refractivity (Wildman–Crippen MR) is 100 cm³/mol. The molecule has 9 nitrogen and oxygen atoms in total. The molecule has 160 valence electrons. The van der Waals surface area contributed by atoms with Gasteiger partial charge in [0.05, 0.1) is 11.6 Å². The van der Waals surface area contributed by atoms with E-state index in [1.54, 1.807) is 0 Å². The quantitative estimate of drug-likeness (QED) is 0.545. The summed E-state index contributed by atoms with van der Waals surface area (Å²) in [5.41, 5.74) is 5.68. The normalized spacial score (nSPS) is 12.2. The van der Waals surface area contributed by atoms with Crippen molar-refractivity contribution in [1.82, 2.24) is 25.2 Å². The molecule has 14 heteroatoms. The van der Waals surface area contributed by atoms with Crippen molar-refractivity contribution in [2.24, 2.45) is 5.73 Å². The molecule has 2 aromatic heterocycles. The second kappa shape index (κ2) is 9.24. The van der Waals surface area contributed by atoms with Crippen molar-refractivity contribution in [3.8, 4) is 23.0 Å². The molecule has 0 bridgehead atoms. The lowest BCUT2D eigenvalue weighted by atomic mass is 10.1. The highest BCUT2D eigenvalue weighted by Crippen LogP contribution is 2.26. The van der Waals surface area contributed by atoms with Crippen molar-refractivity contribution in [1.29, 1.82) is 0 Å². The molecule has 1 atom stereocenters. The maximum Gasteiger partial charge on any atom is 0.376 e. The highest BCUT2D eigenvalue weighted by molar-refractivity contribution is 6.30. The monoisotopic (exact) mass is 464 g/mol. The van der Waals surface area contributed by atoms with E-state index >= 15 is 0 Å². The Kier molecular flexibility index (Phi) is 7.18. The first kappa shape index (κ1) is 23.3. The van der Waals surface area contributed by atoms with E-state index in [0.29, 0.717) is 5.56 Å². The lowest BCUT2D eigenvalue weighted by Gasteiger charge is -2.17. The number of pyridine rings is 1. The maximum atomic E-state index is 13.7. The van der Waals surface area contributed by atoms with Crippen LogP contribution in [0.3, 0.4) is 0 Å². The van der Waals surface area contributed by atoms with Crippen molar-refractivity contribution >= 4 is 30.0 Å².